The van der Waals surface area contributed by atoms with Gasteiger partial charge < -0.3 is 24.4 Å². The molecular weight excluding hydrogens is 756 g/mol. The molecule has 4 aliphatic heterocycles. The van der Waals surface area contributed by atoms with Gasteiger partial charge in [0.1, 0.15) is 5.75 Å². The lowest BCUT2D eigenvalue weighted by Gasteiger charge is -2.37. The van der Waals surface area contributed by atoms with Gasteiger partial charge in [-0.05, 0) is 72.0 Å². The number of hydrogen-bond acceptors (Lipinski definition) is 7. The molecule has 2 saturated heterocycles. The molecule has 10 nitrogen and oxygen atoms in total. The van der Waals surface area contributed by atoms with Crippen molar-refractivity contribution in [1.82, 2.24) is 4.90 Å². The second kappa shape index (κ2) is 15.5. The maximum absolute atomic E-state index is 15.3. The number of ether oxygens (including phenoxy) is 2. The summed E-state index contributed by atoms with van der Waals surface area (Å²) in [7, 11) is -0.850. The summed E-state index contributed by atoms with van der Waals surface area (Å²) in [5.74, 6) is 0.125. The van der Waals surface area contributed by atoms with E-state index in [0.717, 1.165) is 41.1 Å². The van der Waals surface area contributed by atoms with Crippen molar-refractivity contribution in [2.75, 3.05) is 30.2 Å². The van der Waals surface area contributed by atoms with Gasteiger partial charge in [0.2, 0.25) is 11.8 Å². The molecular formula is C45H49ClN4O6Si. The molecule has 0 unspecified atom stereocenters. The Hall–Kier alpha value is -4.81. The fourth-order valence-corrected chi connectivity index (χ4v) is 14.0. The van der Waals surface area contributed by atoms with Gasteiger partial charge in [0.25, 0.3) is 5.91 Å². The van der Waals surface area contributed by atoms with E-state index in [0.29, 0.717) is 35.7 Å². The van der Waals surface area contributed by atoms with Crippen molar-refractivity contribution in [1.29, 1.82) is 0 Å². The Bertz CT molecular complexity index is 2200. The van der Waals surface area contributed by atoms with Gasteiger partial charge in [-0.25, -0.2) is 5.01 Å². The first-order chi connectivity index (χ1) is 27.5. The zero-order valence-electron chi connectivity index (χ0n) is 32.9. The fraction of sp³-hybridized carbons (Fsp3) is 0.378. The number of anilines is 2. The van der Waals surface area contributed by atoms with E-state index in [9.17, 15) is 14.7 Å². The van der Waals surface area contributed by atoms with Crippen molar-refractivity contribution in [3.8, 4) is 5.75 Å². The van der Waals surface area contributed by atoms with Crippen LogP contribution in [0.4, 0.5) is 11.4 Å². The van der Waals surface area contributed by atoms with Crippen LogP contribution in [0.1, 0.15) is 55.7 Å². The van der Waals surface area contributed by atoms with Crippen LogP contribution in [0.5, 0.6) is 5.75 Å². The number of carbonyl (C=O) groups excluding carboxylic acids is 3. The molecule has 4 aliphatic rings. The number of carbonyl (C=O) groups is 3. The van der Waals surface area contributed by atoms with Gasteiger partial charge in [-0.15, -0.1) is 0 Å². The highest BCUT2D eigenvalue weighted by atomic mass is 35.5. The first-order valence-electron chi connectivity index (χ1n) is 19.9. The molecule has 1 spiro atoms. The lowest BCUT2D eigenvalue weighted by atomic mass is 9.82. The van der Waals surface area contributed by atoms with Crippen molar-refractivity contribution < 1.29 is 29.0 Å². The number of likely N-dealkylation sites (tertiary alicyclic amines) is 1. The first-order valence-corrected chi connectivity index (χ1v) is 23.3. The average Bonchev–Trinajstić information content (AvgIpc) is 3.89. The van der Waals surface area contributed by atoms with E-state index in [4.69, 9.17) is 26.2 Å². The number of aliphatic hydroxyl groups is 1. The Kier molecular flexibility index (Phi) is 10.6. The predicted molar refractivity (Wildman–Crippen MR) is 225 cm³/mol. The lowest BCUT2D eigenvalue weighted by molar-refractivity contribution is -0.150. The number of rotatable bonds is 10. The lowest BCUT2D eigenvalue weighted by Crippen LogP contribution is -2.52. The highest BCUT2D eigenvalue weighted by Gasteiger charge is 2.66. The van der Waals surface area contributed by atoms with Crippen LogP contribution in [-0.2, 0) is 31.3 Å². The molecule has 0 bridgehead atoms. The van der Waals surface area contributed by atoms with Crippen LogP contribution >= 0.6 is 11.6 Å². The second-order valence-corrected chi connectivity index (χ2v) is 21.4. The van der Waals surface area contributed by atoms with Gasteiger partial charge in [-0.2, -0.15) is 5.10 Å². The summed E-state index contributed by atoms with van der Waals surface area (Å²) < 4.78 is 12.7. The topological polar surface area (TPSA) is 112 Å². The summed E-state index contributed by atoms with van der Waals surface area (Å²) in [6, 6.07) is 31.0. The summed E-state index contributed by atoms with van der Waals surface area (Å²) in [6.07, 6.45) is 2.10. The molecule has 4 heterocycles. The molecule has 0 saturated carbocycles. The summed E-state index contributed by atoms with van der Waals surface area (Å²) >= 11 is 6.71. The Labute approximate surface area is 340 Å². The van der Waals surface area contributed by atoms with E-state index in [1.165, 1.54) is 10.2 Å². The van der Waals surface area contributed by atoms with Gasteiger partial charge in [0, 0.05) is 35.9 Å². The number of methoxy groups -OCH3 is 1. The maximum atomic E-state index is 15.3. The van der Waals surface area contributed by atoms with Crippen LogP contribution in [0, 0.1) is 5.92 Å². The molecule has 57 heavy (non-hydrogen) atoms. The molecule has 0 radical (unpaired) electrons. The standard InChI is InChI=1S/C45H49ClN4O6Si/c1-29-43(57(3,4)36-19-17-35(55-2)18-20-36)40(26-42(53)48-24-8-11-34(48)28-51)56-45(29)37-25-32(46)14-22-39(37)49(44(45)54)27-30-12-15-33(16-13-30)50-41(52)23-21-38(47-50)31-9-6-5-7-10-31/h5-7,9-10,12-20,22,25,29,34,40,43,51H,8,11,21,23-24,26-28H2,1-4H3/t29-,34-,40+,43-,45+/m0/s1. The molecule has 296 valence electrons. The molecule has 2 fully saturated rings. The number of aliphatic hydroxyl groups excluding tert-OH is 1. The number of fused-ring (bicyclic) bond motifs is 2. The monoisotopic (exact) mass is 804 g/mol. The molecule has 4 aromatic carbocycles. The van der Waals surface area contributed by atoms with Gasteiger partial charge in [-0.1, -0.05) is 91.4 Å². The highest BCUT2D eigenvalue weighted by Crippen LogP contribution is 2.60. The maximum Gasteiger partial charge on any atom is 0.264 e. The zero-order chi connectivity index (χ0) is 40.1. The molecule has 12 heteroatoms. The van der Waals surface area contributed by atoms with Crippen LogP contribution in [-0.4, -0.2) is 73.9 Å². The number of amides is 3. The molecule has 0 aromatic heterocycles. The molecule has 8 rings (SSSR count). The number of nitrogens with zero attached hydrogens (tertiary/aromatic N) is 4. The minimum absolute atomic E-state index is 0.0635. The van der Waals surface area contributed by atoms with Crippen molar-refractivity contribution in [3.63, 3.8) is 0 Å². The van der Waals surface area contributed by atoms with Crippen molar-refractivity contribution in [3.05, 3.63) is 119 Å². The molecule has 1 N–H and O–H groups in total. The van der Waals surface area contributed by atoms with E-state index in [1.807, 2.05) is 78.9 Å². The van der Waals surface area contributed by atoms with Gasteiger partial charge in [0.05, 0.1) is 64.0 Å². The van der Waals surface area contributed by atoms with Gasteiger partial charge in [-0.3, -0.25) is 14.4 Å². The smallest absolute Gasteiger partial charge is 0.264 e. The summed E-state index contributed by atoms with van der Waals surface area (Å²) in [4.78, 5) is 46.0. The summed E-state index contributed by atoms with van der Waals surface area (Å²) in [5.41, 5.74) is 3.29. The van der Waals surface area contributed by atoms with Crippen LogP contribution in [0.3, 0.4) is 0 Å². The van der Waals surface area contributed by atoms with Crippen molar-refractivity contribution >= 4 is 59.7 Å². The first kappa shape index (κ1) is 39.0. The third-order valence-corrected chi connectivity index (χ3v) is 17.3. The highest BCUT2D eigenvalue weighted by molar-refractivity contribution is 6.91. The van der Waals surface area contributed by atoms with E-state index < -0.39 is 19.8 Å². The van der Waals surface area contributed by atoms with E-state index >= 15 is 4.79 Å². The van der Waals surface area contributed by atoms with E-state index in [2.05, 4.69) is 32.2 Å². The number of hydrazone groups is 1. The average molecular weight is 805 g/mol. The Balaban J connectivity index is 1.13. The van der Waals surface area contributed by atoms with Crippen LogP contribution < -0.4 is 19.8 Å². The van der Waals surface area contributed by atoms with E-state index in [-0.39, 0.29) is 54.8 Å². The van der Waals surface area contributed by atoms with Crippen LogP contribution in [0.15, 0.2) is 102 Å². The Morgan fingerprint density at radius 3 is 2.44 bits per heavy atom. The van der Waals surface area contributed by atoms with Crippen molar-refractivity contribution in [2.24, 2.45) is 11.0 Å². The third kappa shape index (κ3) is 6.88. The summed E-state index contributed by atoms with van der Waals surface area (Å²) in [6.45, 7) is 7.46. The second-order valence-electron chi connectivity index (χ2n) is 16.3. The number of halogens is 1. The molecule has 4 aromatic rings. The molecule has 3 amide bonds. The summed E-state index contributed by atoms with van der Waals surface area (Å²) in [5, 5.41) is 17.9. The SMILES string of the molecule is COc1ccc([Si](C)(C)[C@@H]2[C@@H](CC(=O)N3CCC[C@H]3CO)O[C@]3(C(=O)N(Cc4ccc(N5N=C(c6ccccc6)CCC5=O)cc4)c4ccc(Cl)cc43)[C@H]2C)cc1. The normalized spacial score (nSPS) is 24.7. The van der Waals surface area contributed by atoms with Gasteiger partial charge in [0.15, 0.2) is 5.60 Å². The zero-order valence-corrected chi connectivity index (χ0v) is 34.6. The molecule has 5 atom stereocenters. The Morgan fingerprint density at radius 2 is 1.74 bits per heavy atom. The molecule has 0 aliphatic carbocycles. The van der Waals surface area contributed by atoms with Gasteiger partial charge >= 0.3 is 0 Å². The Morgan fingerprint density at radius 1 is 1.00 bits per heavy atom. The number of benzene rings is 4. The van der Waals surface area contributed by atoms with Crippen LogP contribution in [0.25, 0.3) is 0 Å². The fourth-order valence-electron chi connectivity index (χ4n) is 9.80. The quantitative estimate of drug-likeness (QED) is 0.173. The predicted octanol–water partition coefficient (Wildman–Crippen LogP) is 7.02. The van der Waals surface area contributed by atoms with Crippen LogP contribution in [0.2, 0.25) is 23.7 Å². The van der Waals surface area contributed by atoms with E-state index in [1.54, 1.807) is 23.0 Å². The number of hydrogen-bond donors (Lipinski definition) is 1. The van der Waals surface area contributed by atoms with Crippen molar-refractivity contribution in [2.45, 2.75) is 82.0 Å². The largest absolute Gasteiger partial charge is 0.497 e. The third-order valence-electron chi connectivity index (χ3n) is 12.7. The minimum atomic E-state index is -2.50. The minimum Gasteiger partial charge on any atom is -0.497 e.